The van der Waals surface area contributed by atoms with Gasteiger partial charge in [-0.15, -0.1) is 0 Å². The predicted molar refractivity (Wildman–Crippen MR) is 79.9 cm³/mol. The van der Waals surface area contributed by atoms with E-state index in [1.165, 1.54) is 25.3 Å². The number of carbonyl (C=O) groups is 2. The minimum atomic E-state index is -0.855. The number of nitrogens with zero attached hydrogens (tertiary/aromatic N) is 1. The van der Waals surface area contributed by atoms with E-state index < -0.39 is 24.0 Å². The fourth-order valence-corrected chi connectivity index (χ4v) is 2.57. The van der Waals surface area contributed by atoms with Crippen molar-refractivity contribution in [2.24, 2.45) is 0 Å². The Morgan fingerprint density at radius 3 is 2.65 bits per heavy atom. The molecule has 0 unspecified atom stereocenters. The monoisotopic (exact) mass is 318 g/mol. The zero-order chi connectivity index (χ0) is 16.9. The van der Waals surface area contributed by atoms with Gasteiger partial charge in [0.05, 0.1) is 13.2 Å². The molecule has 1 amide bonds. The highest BCUT2D eigenvalue weighted by Crippen LogP contribution is 2.29. The zero-order valence-corrected chi connectivity index (χ0v) is 12.8. The third-order valence-corrected chi connectivity index (χ3v) is 3.81. The number of hydrogen-bond acceptors (Lipinski definition) is 6. The van der Waals surface area contributed by atoms with Crippen LogP contribution in [0.3, 0.4) is 0 Å². The molecule has 0 aliphatic heterocycles. The Balaban J connectivity index is 1.91. The van der Waals surface area contributed by atoms with Crippen LogP contribution in [-0.4, -0.2) is 36.2 Å². The largest absolute Gasteiger partial charge is 0.507 e. The van der Waals surface area contributed by atoms with Crippen LogP contribution < -0.4 is 10.1 Å². The Morgan fingerprint density at radius 2 is 2.09 bits per heavy atom. The van der Waals surface area contributed by atoms with Crippen molar-refractivity contribution in [3.8, 4) is 17.6 Å². The molecule has 1 aliphatic carbocycles. The lowest BCUT2D eigenvalue weighted by Crippen LogP contribution is -2.46. The molecular weight excluding hydrogens is 300 g/mol. The van der Waals surface area contributed by atoms with Gasteiger partial charge in [0.1, 0.15) is 22.6 Å². The van der Waals surface area contributed by atoms with E-state index >= 15 is 0 Å². The van der Waals surface area contributed by atoms with E-state index in [1.807, 2.05) is 0 Å². The molecule has 0 spiro atoms. The van der Waals surface area contributed by atoms with Gasteiger partial charge in [-0.2, -0.15) is 5.26 Å². The summed E-state index contributed by atoms with van der Waals surface area (Å²) in [7, 11) is 1.44. The quantitative estimate of drug-likeness (QED) is 0.797. The first-order valence-electron chi connectivity index (χ1n) is 7.26. The maximum Gasteiger partial charge on any atom is 0.342 e. The van der Waals surface area contributed by atoms with Gasteiger partial charge >= 0.3 is 5.97 Å². The average Bonchev–Trinajstić information content (AvgIpc) is 3.01. The van der Waals surface area contributed by atoms with Gasteiger partial charge in [0.25, 0.3) is 5.91 Å². The van der Waals surface area contributed by atoms with Gasteiger partial charge < -0.3 is 19.9 Å². The molecular formula is C16H18N2O5. The predicted octanol–water partition coefficient (Wildman–Crippen LogP) is 1.51. The Hall–Kier alpha value is -2.75. The lowest BCUT2D eigenvalue weighted by molar-refractivity contribution is -0.125. The fraction of sp³-hybridized carbons (Fsp3) is 0.438. The molecule has 2 N–H and O–H groups in total. The summed E-state index contributed by atoms with van der Waals surface area (Å²) in [6, 6.07) is 6.25. The number of aromatic hydroxyl groups is 1. The van der Waals surface area contributed by atoms with Gasteiger partial charge in [-0.3, -0.25) is 4.79 Å². The third kappa shape index (κ3) is 3.92. The SMILES string of the molecule is COc1ccc(C(=O)OCC(=O)NC2(C#N)CCCC2)c(O)c1. The van der Waals surface area contributed by atoms with E-state index in [9.17, 15) is 20.0 Å². The van der Waals surface area contributed by atoms with Crippen molar-refractivity contribution < 1.29 is 24.2 Å². The number of phenolic OH excluding ortho intramolecular Hbond substituents is 1. The van der Waals surface area contributed by atoms with Crippen LogP contribution in [0.15, 0.2) is 18.2 Å². The van der Waals surface area contributed by atoms with Gasteiger partial charge in [0.15, 0.2) is 6.61 Å². The summed E-state index contributed by atoms with van der Waals surface area (Å²) >= 11 is 0. The molecule has 0 aromatic heterocycles. The molecule has 0 heterocycles. The summed E-state index contributed by atoms with van der Waals surface area (Å²) in [5, 5.41) is 21.6. The number of carbonyl (C=O) groups excluding carboxylic acids is 2. The number of ether oxygens (including phenoxy) is 2. The van der Waals surface area contributed by atoms with Crippen LogP contribution in [0.4, 0.5) is 0 Å². The van der Waals surface area contributed by atoms with Crippen LogP contribution in [0.2, 0.25) is 0 Å². The minimum Gasteiger partial charge on any atom is -0.507 e. The summed E-state index contributed by atoms with van der Waals surface area (Å²) in [6.07, 6.45) is 2.96. The van der Waals surface area contributed by atoms with Crippen molar-refractivity contribution >= 4 is 11.9 Å². The van der Waals surface area contributed by atoms with Crippen LogP contribution in [0.1, 0.15) is 36.0 Å². The molecule has 7 nitrogen and oxygen atoms in total. The number of rotatable bonds is 5. The molecule has 1 saturated carbocycles. The third-order valence-electron chi connectivity index (χ3n) is 3.81. The van der Waals surface area contributed by atoms with Crippen LogP contribution in [-0.2, 0) is 9.53 Å². The van der Waals surface area contributed by atoms with E-state index in [2.05, 4.69) is 11.4 Å². The van der Waals surface area contributed by atoms with Crippen molar-refractivity contribution in [1.82, 2.24) is 5.32 Å². The maximum atomic E-state index is 11.9. The van der Waals surface area contributed by atoms with Crippen molar-refractivity contribution in [1.29, 1.82) is 5.26 Å². The lowest BCUT2D eigenvalue weighted by Gasteiger charge is -2.21. The molecule has 2 rings (SSSR count). The summed E-state index contributed by atoms with van der Waals surface area (Å²) in [6.45, 7) is -0.506. The van der Waals surface area contributed by atoms with Crippen LogP contribution >= 0.6 is 0 Å². The number of hydrogen-bond donors (Lipinski definition) is 2. The summed E-state index contributed by atoms with van der Waals surface area (Å²) < 4.78 is 9.80. The second-order valence-corrected chi connectivity index (χ2v) is 5.41. The van der Waals surface area contributed by atoms with E-state index in [0.717, 1.165) is 12.8 Å². The Kier molecular flexibility index (Phi) is 5.06. The molecule has 0 bridgehead atoms. The molecule has 1 aliphatic rings. The van der Waals surface area contributed by atoms with E-state index in [0.29, 0.717) is 18.6 Å². The van der Waals surface area contributed by atoms with Crippen LogP contribution in [0, 0.1) is 11.3 Å². The van der Waals surface area contributed by atoms with Crippen LogP contribution in [0.5, 0.6) is 11.5 Å². The second-order valence-electron chi connectivity index (χ2n) is 5.41. The first kappa shape index (κ1) is 16.6. The first-order valence-corrected chi connectivity index (χ1v) is 7.26. The summed E-state index contributed by atoms with van der Waals surface area (Å²) in [4.78, 5) is 23.8. The second kappa shape index (κ2) is 7.01. The standard InChI is InChI=1S/C16H18N2O5/c1-22-11-4-5-12(13(19)8-11)15(21)23-9-14(20)18-16(10-17)6-2-3-7-16/h4-5,8,19H,2-3,6-7,9H2,1H3,(H,18,20). The molecule has 0 saturated heterocycles. The topological polar surface area (TPSA) is 109 Å². The smallest absolute Gasteiger partial charge is 0.342 e. The molecule has 1 aromatic carbocycles. The van der Waals surface area contributed by atoms with E-state index in [4.69, 9.17) is 9.47 Å². The molecule has 122 valence electrons. The molecule has 7 heteroatoms. The number of amides is 1. The molecule has 1 aromatic rings. The van der Waals surface area contributed by atoms with Crippen molar-refractivity contribution in [3.05, 3.63) is 23.8 Å². The van der Waals surface area contributed by atoms with Crippen molar-refractivity contribution in [2.45, 2.75) is 31.2 Å². The van der Waals surface area contributed by atoms with E-state index in [1.54, 1.807) is 0 Å². The molecule has 0 radical (unpaired) electrons. The summed E-state index contributed by atoms with van der Waals surface area (Å²) in [5.74, 6) is -1.25. The van der Waals surface area contributed by atoms with Gasteiger partial charge in [-0.25, -0.2) is 4.79 Å². The van der Waals surface area contributed by atoms with Crippen molar-refractivity contribution in [2.75, 3.05) is 13.7 Å². The lowest BCUT2D eigenvalue weighted by atomic mass is 10.00. The first-order chi connectivity index (χ1) is 11.0. The van der Waals surface area contributed by atoms with Crippen LogP contribution in [0.25, 0.3) is 0 Å². The maximum absolute atomic E-state index is 11.9. The summed E-state index contributed by atoms with van der Waals surface area (Å²) in [5.41, 5.74) is -0.916. The number of esters is 1. The highest BCUT2D eigenvalue weighted by atomic mass is 16.5. The Bertz CT molecular complexity index is 644. The number of benzene rings is 1. The number of nitriles is 1. The van der Waals surface area contributed by atoms with Gasteiger partial charge in [0.2, 0.25) is 0 Å². The fourth-order valence-electron chi connectivity index (χ4n) is 2.57. The number of methoxy groups -OCH3 is 1. The number of nitrogens with one attached hydrogen (secondary N) is 1. The number of phenols is 1. The molecule has 1 fully saturated rings. The Morgan fingerprint density at radius 1 is 1.39 bits per heavy atom. The zero-order valence-electron chi connectivity index (χ0n) is 12.8. The van der Waals surface area contributed by atoms with Gasteiger partial charge in [-0.05, 0) is 37.8 Å². The van der Waals surface area contributed by atoms with E-state index in [-0.39, 0.29) is 11.3 Å². The van der Waals surface area contributed by atoms with Crippen molar-refractivity contribution in [3.63, 3.8) is 0 Å². The Labute approximate surface area is 133 Å². The minimum absolute atomic E-state index is 0.0607. The highest BCUT2D eigenvalue weighted by Gasteiger charge is 2.35. The van der Waals surface area contributed by atoms with Gasteiger partial charge in [-0.1, -0.05) is 0 Å². The molecule has 0 atom stereocenters. The molecule has 23 heavy (non-hydrogen) atoms. The van der Waals surface area contributed by atoms with Gasteiger partial charge in [0, 0.05) is 6.07 Å². The highest BCUT2D eigenvalue weighted by molar-refractivity contribution is 5.94. The average molecular weight is 318 g/mol. The normalized spacial score (nSPS) is 15.5.